The molecule has 2 aliphatic rings. The summed E-state index contributed by atoms with van der Waals surface area (Å²) >= 11 is 0. The van der Waals surface area contributed by atoms with Crippen LogP contribution in [-0.4, -0.2) is 6.54 Å². The maximum Gasteiger partial charge on any atom is -0.00484 e. The molecule has 2 atom stereocenters. The molecule has 2 aliphatic carbocycles. The second-order valence-electron chi connectivity index (χ2n) is 4.47. The molecule has 2 rings (SSSR count). The fraction of sp³-hybridized carbons (Fsp3) is 0.818. The van der Waals surface area contributed by atoms with Crippen LogP contribution in [0.3, 0.4) is 0 Å². The van der Waals surface area contributed by atoms with Gasteiger partial charge in [-0.05, 0) is 50.0 Å². The van der Waals surface area contributed by atoms with Crippen LogP contribution in [-0.2, 0) is 0 Å². The smallest absolute Gasteiger partial charge is 0.00484 e. The molecule has 2 N–H and O–H groups in total. The molecule has 0 aromatic heterocycles. The number of fused-ring (bicyclic) bond motifs is 2. The average Bonchev–Trinajstić information content (AvgIpc) is 2.04. The van der Waals surface area contributed by atoms with Gasteiger partial charge in [-0.15, -0.1) is 0 Å². The molecule has 0 heterocycles. The summed E-state index contributed by atoms with van der Waals surface area (Å²) in [5, 5.41) is 0. The van der Waals surface area contributed by atoms with Gasteiger partial charge in [0, 0.05) is 0 Å². The van der Waals surface area contributed by atoms with Crippen molar-refractivity contribution in [2.45, 2.75) is 32.1 Å². The monoisotopic (exact) mass is 165 g/mol. The second-order valence-corrected chi connectivity index (χ2v) is 4.47. The molecule has 0 amide bonds. The van der Waals surface area contributed by atoms with Crippen LogP contribution in [0.25, 0.3) is 0 Å². The average molecular weight is 165 g/mol. The van der Waals surface area contributed by atoms with E-state index >= 15 is 0 Å². The Kier molecular flexibility index (Phi) is 2.22. The van der Waals surface area contributed by atoms with Gasteiger partial charge in [-0.1, -0.05) is 18.6 Å². The summed E-state index contributed by atoms with van der Waals surface area (Å²) < 4.78 is 0. The molecule has 0 aliphatic heterocycles. The zero-order valence-electron chi connectivity index (χ0n) is 7.76. The van der Waals surface area contributed by atoms with E-state index in [1.807, 2.05) is 0 Å². The third kappa shape index (κ3) is 1.31. The number of hydrogen-bond donors (Lipinski definition) is 1. The Bertz CT molecular complexity index is 169. The van der Waals surface area contributed by atoms with Crippen LogP contribution in [0.2, 0.25) is 0 Å². The minimum absolute atomic E-state index is 0.797. The first-order valence-electron chi connectivity index (χ1n) is 5.20. The Labute approximate surface area is 75.0 Å². The first kappa shape index (κ1) is 8.31. The van der Waals surface area contributed by atoms with Crippen molar-refractivity contribution in [1.29, 1.82) is 0 Å². The first-order valence-corrected chi connectivity index (χ1v) is 5.20. The van der Waals surface area contributed by atoms with E-state index in [9.17, 15) is 0 Å². The normalized spacial score (nSPS) is 41.4. The van der Waals surface area contributed by atoms with Crippen molar-refractivity contribution in [3.63, 3.8) is 0 Å². The lowest BCUT2D eigenvalue weighted by Crippen LogP contribution is -2.32. The molecule has 0 aromatic carbocycles. The summed E-state index contributed by atoms with van der Waals surface area (Å²) in [7, 11) is 0. The molecular weight excluding hydrogens is 146 g/mol. The van der Waals surface area contributed by atoms with E-state index in [0.717, 1.165) is 24.3 Å². The lowest BCUT2D eigenvalue weighted by Gasteiger charge is -2.40. The molecule has 0 saturated heterocycles. The highest BCUT2D eigenvalue weighted by molar-refractivity contribution is 5.12. The van der Waals surface area contributed by atoms with Crippen LogP contribution in [0.5, 0.6) is 0 Å². The Morgan fingerprint density at radius 3 is 2.33 bits per heavy atom. The zero-order chi connectivity index (χ0) is 8.55. The lowest BCUT2D eigenvalue weighted by atomic mass is 9.65. The van der Waals surface area contributed by atoms with Gasteiger partial charge in [0.2, 0.25) is 0 Å². The van der Waals surface area contributed by atoms with E-state index < -0.39 is 0 Å². The van der Waals surface area contributed by atoms with Crippen molar-refractivity contribution in [2.75, 3.05) is 6.54 Å². The van der Waals surface area contributed by atoms with E-state index in [-0.39, 0.29) is 0 Å². The fourth-order valence-electron chi connectivity index (χ4n) is 2.95. The lowest BCUT2D eigenvalue weighted by molar-refractivity contribution is 0.214. The summed E-state index contributed by atoms with van der Waals surface area (Å²) in [5.41, 5.74) is 7.27. The maximum absolute atomic E-state index is 5.72. The van der Waals surface area contributed by atoms with Crippen molar-refractivity contribution < 1.29 is 0 Å². The quantitative estimate of drug-likeness (QED) is 0.593. The molecular formula is C11H19N. The predicted molar refractivity (Wildman–Crippen MR) is 51.7 cm³/mol. The van der Waals surface area contributed by atoms with E-state index in [0.29, 0.717) is 0 Å². The van der Waals surface area contributed by atoms with E-state index in [1.165, 1.54) is 32.1 Å². The highest BCUT2D eigenvalue weighted by Crippen LogP contribution is 2.45. The number of allylic oxidation sites excluding steroid dienone is 1. The van der Waals surface area contributed by atoms with Gasteiger partial charge in [0.1, 0.15) is 0 Å². The van der Waals surface area contributed by atoms with Crippen LogP contribution in [0.1, 0.15) is 32.1 Å². The van der Waals surface area contributed by atoms with Gasteiger partial charge < -0.3 is 5.73 Å². The van der Waals surface area contributed by atoms with E-state index in [2.05, 4.69) is 6.58 Å². The SMILES string of the molecule is C=C1C2CCCC1CC(CN)C2. The molecule has 1 heteroatoms. The summed E-state index contributed by atoms with van der Waals surface area (Å²) in [6.45, 7) is 5.12. The number of nitrogens with two attached hydrogens (primary N) is 1. The summed E-state index contributed by atoms with van der Waals surface area (Å²) in [4.78, 5) is 0. The van der Waals surface area contributed by atoms with Crippen molar-refractivity contribution >= 4 is 0 Å². The van der Waals surface area contributed by atoms with Crippen LogP contribution in [0, 0.1) is 17.8 Å². The number of hydrogen-bond acceptors (Lipinski definition) is 1. The minimum atomic E-state index is 0.797. The molecule has 0 spiro atoms. The van der Waals surface area contributed by atoms with E-state index in [1.54, 1.807) is 5.57 Å². The van der Waals surface area contributed by atoms with Gasteiger partial charge >= 0.3 is 0 Å². The topological polar surface area (TPSA) is 26.0 Å². The van der Waals surface area contributed by atoms with Crippen LogP contribution in [0.4, 0.5) is 0 Å². The van der Waals surface area contributed by atoms with Crippen LogP contribution < -0.4 is 5.73 Å². The van der Waals surface area contributed by atoms with Gasteiger partial charge in [-0.3, -0.25) is 0 Å². The number of rotatable bonds is 1. The molecule has 0 radical (unpaired) electrons. The molecule has 2 unspecified atom stereocenters. The largest absolute Gasteiger partial charge is 0.330 e. The highest BCUT2D eigenvalue weighted by atomic mass is 14.6. The van der Waals surface area contributed by atoms with Crippen molar-refractivity contribution in [1.82, 2.24) is 0 Å². The van der Waals surface area contributed by atoms with Crippen molar-refractivity contribution in [3.8, 4) is 0 Å². The molecule has 2 saturated carbocycles. The highest BCUT2D eigenvalue weighted by Gasteiger charge is 2.33. The summed E-state index contributed by atoms with van der Waals surface area (Å²) in [6.07, 6.45) is 6.83. The molecule has 2 bridgehead atoms. The van der Waals surface area contributed by atoms with Crippen molar-refractivity contribution in [3.05, 3.63) is 12.2 Å². The third-order valence-corrected chi connectivity index (χ3v) is 3.72. The molecule has 12 heavy (non-hydrogen) atoms. The van der Waals surface area contributed by atoms with E-state index in [4.69, 9.17) is 5.73 Å². The molecule has 0 aromatic rings. The van der Waals surface area contributed by atoms with Gasteiger partial charge in [0.15, 0.2) is 0 Å². The first-order chi connectivity index (χ1) is 5.81. The molecule has 1 nitrogen and oxygen atoms in total. The predicted octanol–water partition coefficient (Wildman–Crippen LogP) is 2.33. The Balaban J connectivity index is 2.07. The van der Waals surface area contributed by atoms with Gasteiger partial charge in [0.25, 0.3) is 0 Å². The molecule has 68 valence electrons. The van der Waals surface area contributed by atoms with Gasteiger partial charge in [-0.25, -0.2) is 0 Å². The zero-order valence-corrected chi connectivity index (χ0v) is 7.76. The van der Waals surface area contributed by atoms with Gasteiger partial charge in [0.05, 0.1) is 0 Å². The van der Waals surface area contributed by atoms with Crippen molar-refractivity contribution in [2.24, 2.45) is 23.5 Å². The second kappa shape index (κ2) is 3.21. The molecule has 2 fully saturated rings. The summed E-state index contributed by atoms with van der Waals surface area (Å²) in [6, 6.07) is 0. The fourth-order valence-corrected chi connectivity index (χ4v) is 2.95. The van der Waals surface area contributed by atoms with Crippen LogP contribution >= 0.6 is 0 Å². The minimum Gasteiger partial charge on any atom is -0.330 e. The Hall–Kier alpha value is -0.300. The maximum atomic E-state index is 5.72. The van der Waals surface area contributed by atoms with Crippen LogP contribution in [0.15, 0.2) is 12.2 Å². The third-order valence-electron chi connectivity index (χ3n) is 3.72. The van der Waals surface area contributed by atoms with Gasteiger partial charge in [-0.2, -0.15) is 0 Å². The standard InChI is InChI=1S/C11H19N/c1-8-10-3-2-4-11(8)6-9(5-10)7-12/h9-11H,1-7,12H2. The summed E-state index contributed by atoms with van der Waals surface area (Å²) in [5.74, 6) is 2.45. The Morgan fingerprint density at radius 1 is 1.25 bits per heavy atom. The Morgan fingerprint density at radius 2 is 1.83 bits per heavy atom.